The summed E-state index contributed by atoms with van der Waals surface area (Å²) in [5.74, 6) is 0.115. The van der Waals surface area contributed by atoms with Gasteiger partial charge in [0.25, 0.3) is 0 Å². The van der Waals surface area contributed by atoms with Crippen molar-refractivity contribution in [2.45, 2.75) is 70.1 Å². The molecule has 1 aliphatic carbocycles. The van der Waals surface area contributed by atoms with Crippen molar-refractivity contribution in [2.24, 2.45) is 23.5 Å². The van der Waals surface area contributed by atoms with Crippen LogP contribution >= 0.6 is 11.8 Å². The fourth-order valence-electron chi connectivity index (χ4n) is 4.64. The molecule has 0 aromatic carbocycles. The van der Waals surface area contributed by atoms with Crippen LogP contribution in [0.5, 0.6) is 0 Å². The van der Waals surface area contributed by atoms with E-state index in [0.29, 0.717) is 24.8 Å². The Morgan fingerprint density at radius 2 is 1.83 bits per heavy atom. The summed E-state index contributed by atoms with van der Waals surface area (Å²) in [5.41, 5.74) is 5.55. The lowest BCUT2D eigenvalue weighted by Crippen LogP contribution is -2.57. The second kappa shape index (κ2) is 12.6. The van der Waals surface area contributed by atoms with Crippen molar-refractivity contribution in [3.8, 4) is 0 Å². The monoisotopic (exact) mass is 442 g/mol. The number of amides is 2. The summed E-state index contributed by atoms with van der Waals surface area (Å²) >= 11 is 1.02. The van der Waals surface area contributed by atoms with E-state index in [0.717, 1.165) is 24.7 Å². The molecular formula is C21H38N4O4S. The summed E-state index contributed by atoms with van der Waals surface area (Å²) in [7, 11) is 0. The molecule has 0 spiro atoms. The number of aliphatic hydroxyl groups excluding tert-OH is 1. The number of nitrogens with one attached hydrogen (secondary N) is 3. The highest BCUT2D eigenvalue weighted by Gasteiger charge is 2.35. The smallest absolute Gasteiger partial charge is 0.245 e. The first kappa shape index (κ1) is 25.1. The number of hydrogen-bond acceptors (Lipinski definition) is 7. The maximum Gasteiger partial charge on any atom is 0.245 e. The molecular weight excluding hydrogens is 404 g/mol. The Labute approximate surface area is 183 Å². The predicted octanol–water partition coefficient (Wildman–Crippen LogP) is 0.381. The number of rotatable bonds is 9. The van der Waals surface area contributed by atoms with Gasteiger partial charge in [0, 0.05) is 6.54 Å². The molecule has 2 rings (SSSR count). The average molecular weight is 443 g/mol. The number of piperidine rings is 1. The van der Waals surface area contributed by atoms with Crippen LogP contribution in [-0.4, -0.2) is 66.1 Å². The van der Waals surface area contributed by atoms with Crippen molar-refractivity contribution in [1.82, 2.24) is 16.0 Å². The van der Waals surface area contributed by atoms with E-state index < -0.39 is 24.1 Å². The predicted molar refractivity (Wildman–Crippen MR) is 119 cm³/mol. The minimum absolute atomic E-state index is 0.198. The summed E-state index contributed by atoms with van der Waals surface area (Å²) in [6.07, 6.45) is 7.96. The lowest BCUT2D eigenvalue weighted by Gasteiger charge is -2.37. The molecule has 8 nitrogen and oxygen atoms in total. The molecule has 0 radical (unpaired) electrons. The van der Waals surface area contributed by atoms with Gasteiger partial charge < -0.3 is 26.8 Å². The lowest BCUT2D eigenvalue weighted by molar-refractivity contribution is -0.135. The topological polar surface area (TPSA) is 134 Å². The van der Waals surface area contributed by atoms with E-state index >= 15 is 0 Å². The Balaban J connectivity index is 1.96. The average Bonchev–Trinajstić information content (AvgIpc) is 2.76. The van der Waals surface area contributed by atoms with Crippen LogP contribution in [0.3, 0.4) is 0 Å². The van der Waals surface area contributed by atoms with E-state index in [4.69, 9.17) is 5.73 Å². The SMILES string of the molecule is CSC(=O)[C@H](CCN)NC(=O)[C@@H](NC(=O)C1CNCC(C2CCCCC2)C1)C(C)O. The molecule has 2 aliphatic rings. The zero-order valence-electron chi connectivity index (χ0n) is 18.2. The Bertz CT molecular complexity index is 583. The van der Waals surface area contributed by atoms with E-state index in [-0.39, 0.29) is 23.5 Å². The first-order chi connectivity index (χ1) is 14.4. The van der Waals surface area contributed by atoms with Gasteiger partial charge >= 0.3 is 0 Å². The summed E-state index contributed by atoms with van der Waals surface area (Å²) in [5, 5.41) is 18.7. The fraction of sp³-hybridized carbons (Fsp3) is 0.857. The molecule has 0 aromatic rings. The number of aliphatic hydroxyl groups is 1. The molecule has 0 aromatic heterocycles. The van der Waals surface area contributed by atoms with Gasteiger partial charge in [0.1, 0.15) is 6.04 Å². The van der Waals surface area contributed by atoms with E-state index in [2.05, 4.69) is 16.0 Å². The van der Waals surface area contributed by atoms with Crippen LogP contribution in [0.15, 0.2) is 0 Å². The molecule has 9 heteroatoms. The lowest BCUT2D eigenvalue weighted by atomic mass is 9.74. The quantitative estimate of drug-likeness (QED) is 0.349. The Kier molecular flexibility index (Phi) is 10.6. The van der Waals surface area contributed by atoms with E-state index in [9.17, 15) is 19.5 Å². The number of carbonyl (C=O) groups is 3. The Morgan fingerprint density at radius 1 is 1.13 bits per heavy atom. The maximum atomic E-state index is 12.9. The van der Waals surface area contributed by atoms with Gasteiger partial charge in [-0.25, -0.2) is 0 Å². The second-order valence-electron chi connectivity index (χ2n) is 8.64. The van der Waals surface area contributed by atoms with Gasteiger partial charge in [0.2, 0.25) is 16.9 Å². The summed E-state index contributed by atoms with van der Waals surface area (Å²) in [6, 6.07) is -1.84. The highest BCUT2D eigenvalue weighted by Crippen LogP contribution is 2.34. The fourth-order valence-corrected chi connectivity index (χ4v) is 5.10. The molecule has 1 aliphatic heterocycles. The number of nitrogens with two attached hydrogens (primary N) is 1. The van der Waals surface area contributed by atoms with Gasteiger partial charge in [-0.15, -0.1) is 0 Å². The van der Waals surface area contributed by atoms with E-state index in [1.807, 2.05) is 0 Å². The zero-order chi connectivity index (χ0) is 22.1. The maximum absolute atomic E-state index is 12.9. The van der Waals surface area contributed by atoms with Crippen LogP contribution in [0.25, 0.3) is 0 Å². The third-order valence-electron chi connectivity index (χ3n) is 6.39. The van der Waals surface area contributed by atoms with Crippen LogP contribution in [0.1, 0.15) is 51.9 Å². The van der Waals surface area contributed by atoms with E-state index in [1.54, 1.807) is 6.26 Å². The van der Waals surface area contributed by atoms with Crippen molar-refractivity contribution in [3.63, 3.8) is 0 Å². The van der Waals surface area contributed by atoms with Crippen LogP contribution in [0, 0.1) is 17.8 Å². The Hall–Kier alpha value is -1.16. The number of hydrogen-bond donors (Lipinski definition) is 5. The molecule has 2 amide bonds. The molecule has 5 atom stereocenters. The van der Waals surface area contributed by atoms with Crippen LogP contribution in [0.2, 0.25) is 0 Å². The normalized spacial score (nSPS) is 25.7. The number of carbonyl (C=O) groups excluding carboxylic acids is 3. The standard InChI is InChI=1S/C21H38N4O4S/c1-13(26)18(20(28)24-17(8-9-22)21(29)30-2)25-19(27)16-10-15(11-23-12-16)14-6-4-3-5-7-14/h13-18,23,26H,3-12,22H2,1-2H3,(H,24,28)(H,25,27)/t13?,15?,16?,17-,18-/m0/s1. The van der Waals surface area contributed by atoms with E-state index in [1.165, 1.54) is 39.0 Å². The number of thioether (sulfide) groups is 1. The third-order valence-corrected chi connectivity index (χ3v) is 7.08. The molecule has 1 heterocycles. The first-order valence-corrected chi connectivity index (χ1v) is 12.4. The first-order valence-electron chi connectivity index (χ1n) is 11.1. The van der Waals surface area contributed by atoms with Gasteiger partial charge in [-0.3, -0.25) is 14.4 Å². The Morgan fingerprint density at radius 3 is 2.43 bits per heavy atom. The molecule has 3 unspecified atom stereocenters. The third kappa shape index (κ3) is 7.21. The zero-order valence-corrected chi connectivity index (χ0v) is 19.0. The minimum atomic E-state index is -1.11. The summed E-state index contributed by atoms with van der Waals surface area (Å²) in [6.45, 7) is 3.22. The van der Waals surface area contributed by atoms with Gasteiger partial charge in [-0.1, -0.05) is 43.9 Å². The molecule has 0 bridgehead atoms. The van der Waals surface area contributed by atoms with Gasteiger partial charge in [0.15, 0.2) is 0 Å². The van der Waals surface area contributed by atoms with Gasteiger partial charge in [0.05, 0.1) is 18.1 Å². The van der Waals surface area contributed by atoms with Gasteiger partial charge in [-0.05, 0) is 50.9 Å². The van der Waals surface area contributed by atoms with Gasteiger partial charge in [-0.2, -0.15) is 0 Å². The van der Waals surface area contributed by atoms with Crippen molar-refractivity contribution in [1.29, 1.82) is 0 Å². The van der Waals surface area contributed by atoms with Crippen molar-refractivity contribution < 1.29 is 19.5 Å². The molecule has 1 saturated heterocycles. The molecule has 30 heavy (non-hydrogen) atoms. The largest absolute Gasteiger partial charge is 0.391 e. The highest BCUT2D eigenvalue weighted by molar-refractivity contribution is 8.13. The molecule has 172 valence electrons. The molecule has 1 saturated carbocycles. The van der Waals surface area contributed by atoms with Crippen LogP contribution < -0.4 is 21.7 Å². The molecule has 6 N–H and O–H groups in total. The second-order valence-corrected chi connectivity index (χ2v) is 9.45. The molecule has 2 fully saturated rings. The summed E-state index contributed by atoms with van der Waals surface area (Å²) < 4.78 is 0. The minimum Gasteiger partial charge on any atom is -0.391 e. The highest BCUT2D eigenvalue weighted by atomic mass is 32.2. The van der Waals surface area contributed by atoms with Crippen LogP contribution in [-0.2, 0) is 14.4 Å². The van der Waals surface area contributed by atoms with Crippen molar-refractivity contribution >= 4 is 28.7 Å². The van der Waals surface area contributed by atoms with Crippen molar-refractivity contribution in [2.75, 3.05) is 25.9 Å². The van der Waals surface area contributed by atoms with Crippen LogP contribution in [0.4, 0.5) is 0 Å². The summed E-state index contributed by atoms with van der Waals surface area (Å²) in [4.78, 5) is 37.7. The van der Waals surface area contributed by atoms with Crippen molar-refractivity contribution in [3.05, 3.63) is 0 Å².